The van der Waals surface area contributed by atoms with E-state index in [0.717, 1.165) is 12.1 Å². The Hall–Kier alpha value is -4.33. The highest BCUT2D eigenvalue weighted by Gasteiger charge is 2.48. The van der Waals surface area contributed by atoms with E-state index >= 15 is 0 Å². The molecule has 3 heterocycles. The number of carboxylic acid groups (broad SMARTS) is 1. The van der Waals surface area contributed by atoms with Crippen molar-refractivity contribution in [2.75, 3.05) is 13.2 Å². The van der Waals surface area contributed by atoms with Gasteiger partial charge in [-0.3, -0.25) is 14.4 Å². The predicted octanol–water partition coefficient (Wildman–Crippen LogP) is -1.46. The number of phenolic OH excluding ortho intramolecular Hbond substituents is 2. The number of aliphatic hydroxyl groups is 5. The molecular formula is C29H30O17. The summed E-state index contributed by atoms with van der Waals surface area (Å²) in [6.07, 6.45) is -15.5. The number of ether oxygens (including phenoxy) is 5. The molecule has 248 valence electrons. The second kappa shape index (κ2) is 13.6. The molecule has 17 nitrogen and oxygen atoms in total. The quantitative estimate of drug-likeness (QED) is 0.0919. The van der Waals surface area contributed by atoms with Crippen LogP contribution in [0.25, 0.3) is 22.3 Å². The number of carbonyl (C=O) groups is 2. The maximum Gasteiger partial charge on any atom is 0.317 e. The molecule has 0 saturated carbocycles. The van der Waals surface area contributed by atoms with Crippen LogP contribution in [0.5, 0.6) is 17.2 Å². The average molecular weight is 651 g/mol. The summed E-state index contributed by atoms with van der Waals surface area (Å²) in [6.45, 7) is -1.18. The number of benzene rings is 2. The van der Waals surface area contributed by atoms with Gasteiger partial charge in [-0.05, 0) is 24.3 Å². The van der Waals surface area contributed by atoms with E-state index in [1.807, 2.05) is 0 Å². The van der Waals surface area contributed by atoms with Gasteiger partial charge in [0.15, 0.2) is 11.7 Å². The summed E-state index contributed by atoms with van der Waals surface area (Å²) in [6, 6.07) is 9.23. The van der Waals surface area contributed by atoms with Crippen LogP contribution in [0.1, 0.15) is 6.42 Å². The van der Waals surface area contributed by atoms with Gasteiger partial charge in [-0.2, -0.15) is 0 Å². The second-order valence-corrected chi connectivity index (χ2v) is 10.6. The van der Waals surface area contributed by atoms with E-state index in [4.69, 9.17) is 33.2 Å². The SMILES string of the molecule is O=C(O)CC(=O)OC[C@H]1O[C@@H](OC[C@H]2O[C@@H](Oc3cc(O)c4c(=O)cc(-c5ccc(O)cc5)oc4c3)[C@H](O)[C@@H](O)[C@@H]2O)[C@H](O)[C@@H]1O. The van der Waals surface area contributed by atoms with Crippen molar-refractivity contribution in [1.82, 2.24) is 0 Å². The summed E-state index contributed by atoms with van der Waals surface area (Å²) < 4.78 is 32.5. The minimum atomic E-state index is -1.83. The number of aliphatic hydroxyl groups excluding tert-OH is 5. The van der Waals surface area contributed by atoms with E-state index < -0.39 is 98.1 Å². The number of carbonyl (C=O) groups excluding carboxylic acids is 1. The van der Waals surface area contributed by atoms with E-state index in [1.54, 1.807) is 0 Å². The second-order valence-electron chi connectivity index (χ2n) is 10.6. The predicted molar refractivity (Wildman–Crippen MR) is 148 cm³/mol. The number of fused-ring (bicyclic) bond motifs is 1. The Labute approximate surface area is 257 Å². The lowest BCUT2D eigenvalue weighted by atomic mass is 9.99. The number of phenols is 2. The number of aromatic hydroxyl groups is 2. The Morgan fingerprint density at radius 2 is 1.41 bits per heavy atom. The maximum absolute atomic E-state index is 12.7. The van der Waals surface area contributed by atoms with Crippen LogP contribution in [0.2, 0.25) is 0 Å². The smallest absolute Gasteiger partial charge is 0.317 e. The lowest BCUT2D eigenvalue weighted by Crippen LogP contribution is -2.60. The van der Waals surface area contributed by atoms with Gasteiger partial charge in [-0.1, -0.05) is 0 Å². The summed E-state index contributed by atoms with van der Waals surface area (Å²) in [4.78, 5) is 34.8. The first-order valence-electron chi connectivity index (χ1n) is 13.8. The normalized spacial score (nSPS) is 29.5. The monoisotopic (exact) mass is 650 g/mol. The van der Waals surface area contributed by atoms with E-state index in [1.165, 1.54) is 30.3 Å². The number of aliphatic carboxylic acids is 1. The third-order valence-corrected chi connectivity index (χ3v) is 7.30. The molecule has 17 heteroatoms. The molecule has 2 aromatic carbocycles. The molecule has 2 aliphatic rings. The standard InChI is InChI=1S/C29H30O17/c30-12-3-1-11(2-4-12)16-7-15(32)22-14(31)5-13(6-17(22)44-16)43-29-27(40)25(38)23(36)19(46-29)10-42-28-26(39)24(37)18(45-28)9-41-21(35)8-20(33)34/h1-7,18-19,23-31,36-40H,8-10H2,(H,33,34)/t18-,19-,23-,24-,25+,26-,27-,28-,29-/m1/s1. The molecule has 2 saturated heterocycles. The fraction of sp³-hybridized carbons (Fsp3) is 0.414. The van der Waals surface area contributed by atoms with E-state index in [-0.39, 0.29) is 28.2 Å². The highest BCUT2D eigenvalue weighted by molar-refractivity contribution is 5.90. The van der Waals surface area contributed by atoms with Crippen LogP contribution in [0.3, 0.4) is 0 Å². The van der Waals surface area contributed by atoms with Crippen LogP contribution >= 0.6 is 0 Å². The van der Waals surface area contributed by atoms with Crippen LogP contribution in [0.4, 0.5) is 0 Å². The van der Waals surface area contributed by atoms with Crippen LogP contribution in [-0.2, 0) is 28.5 Å². The topological polar surface area (TPSA) is 272 Å². The molecule has 0 spiro atoms. The summed E-state index contributed by atoms with van der Waals surface area (Å²) in [5.41, 5.74) is -0.242. The number of hydrogen-bond acceptors (Lipinski definition) is 16. The van der Waals surface area contributed by atoms with Gasteiger partial charge in [0.25, 0.3) is 0 Å². The fourth-order valence-electron chi connectivity index (χ4n) is 4.89. The first-order chi connectivity index (χ1) is 21.8. The molecule has 1 aromatic heterocycles. The van der Waals surface area contributed by atoms with Crippen molar-refractivity contribution in [2.45, 2.75) is 61.7 Å². The van der Waals surface area contributed by atoms with Crippen LogP contribution in [-0.4, -0.2) is 121 Å². The average Bonchev–Trinajstić information content (AvgIpc) is 3.27. The van der Waals surface area contributed by atoms with Gasteiger partial charge in [-0.15, -0.1) is 0 Å². The summed E-state index contributed by atoms with van der Waals surface area (Å²) in [5.74, 6) is -3.11. The molecule has 46 heavy (non-hydrogen) atoms. The maximum atomic E-state index is 12.7. The molecule has 0 radical (unpaired) electrons. The van der Waals surface area contributed by atoms with Crippen molar-refractivity contribution in [3.05, 3.63) is 52.7 Å². The number of carboxylic acids is 1. The molecule has 0 bridgehead atoms. The Morgan fingerprint density at radius 3 is 2.11 bits per heavy atom. The van der Waals surface area contributed by atoms with Crippen molar-refractivity contribution >= 4 is 22.9 Å². The third kappa shape index (κ3) is 7.06. The van der Waals surface area contributed by atoms with Crippen LogP contribution in [0.15, 0.2) is 51.7 Å². The largest absolute Gasteiger partial charge is 0.508 e. The summed E-state index contributed by atoms with van der Waals surface area (Å²) >= 11 is 0. The zero-order chi connectivity index (χ0) is 33.3. The highest BCUT2D eigenvalue weighted by atomic mass is 16.7. The van der Waals surface area contributed by atoms with Gasteiger partial charge in [0.1, 0.15) is 89.7 Å². The van der Waals surface area contributed by atoms with Gasteiger partial charge in [-0.25, -0.2) is 0 Å². The first-order valence-corrected chi connectivity index (χ1v) is 13.8. The van der Waals surface area contributed by atoms with Gasteiger partial charge < -0.3 is 69.0 Å². The number of hydrogen-bond donors (Lipinski definition) is 8. The molecule has 0 amide bonds. The van der Waals surface area contributed by atoms with Crippen LogP contribution in [0, 0.1) is 0 Å². The lowest BCUT2D eigenvalue weighted by Gasteiger charge is -2.40. The van der Waals surface area contributed by atoms with Crippen molar-refractivity contribution in [2.24, 2.45) is 0 Å². The van der Waals surface area contributed by atoms with Crippen molar-refractivity contribution in [3.63, 3.8) is 0 Å². The highest BCUT2D eigenvalue weighted by Crippen LogP contribution is 2.34. The first kappa shape index (κ1) is 33.0. The molecule has 9 atom stereocenters. The van der Waals surface area contributed by atoms with Gasteiger partial charge in [0.2, 0.25) is 6.29 Å². The molecule has 2 aliphatic heterocycles. The van der Waals surface area contributed by atoms with Crippen molar-refractivity contribution in [3.8, 4) is 28.6 Å². The molecule has 0 aliphatic carbocycles. The molecule has 3 aromatic rings. The van der Waals surface area contributed by atoms with Gasteiger partial charge in [0.05, 0.1) is 6.61 Å². The van der Waals surface area contributed by atoms with E-state index in [2.05, 4.69) is 0 Å². The molecular weight excluding hydrogens is 620 g/mol. The Kier molecular flexibility index (Phi) is 9.75. The van der Waals surface area contributed by atoms with E-state index in [9.17, 15) is 50.1 Å². The van der Waals surface area contributed by atoms with Crippen LogP contribution < -0.4 is 10.2 Å². The Morgan fingerprint density at radius 1 is 0.783 bits per heavy atom. The van der Waals surface area contributed by atoms with Gasteiger partial charge in [0, 0.05) is 23.8 Å². The lowest BCUT2D eigenvalue weighted by molar-refractivity contribution is -0.290. The zero-order valence-electron chi connectivity index (χ0n) is 23.6. The molecule has 5 rings (SSSR count). The molecule has 2 fully saturated rings. The summed E-state index contributed by atoms with van der Waals surface area (Å²) in [5, 5.41) is 80.6. The number of esters is 1. The molecule has 8 N–H and O–H groups in total. The summed E-state index contributed by atoms with van der Waals surface area (Å²) in [7, 11) is 0. The Bertz CT molecular complexity index is 1620. The minimum absolute atomic E-state index is 0.00625. The van der Waals surface area contributed by atoms with E-state index in [0.29, 0.717) is 5.56 Å². The zero-order valence-corrected chi connectivity index (χ0v) is 23.6. The third-order valence-electron chi connectivity index (χ3n) is 7.30. The minimum Gasteiger partial charge on any atom is -0.508 e. The fourth-order valence-corrected chi connectivity index (χ4v) is 4.89. The number of rotatable bonds is 10. The van der Waals surface area contributed by atoms with Crippen molar-refractivity contribution < 1.29 is 78.5 Å². The van der Waals surface area contributed by atoms with Gasteiger partial charge >= 0.3 is 11.9 Å². The van der Waals surface area contributed by atoms with Crippen molar-refractivity contribution in [1.29, 1.82) is 0 Å². The molecule has 0 unspecified atom stereocenters. The Balaban J connectivity index is 1.27.